The van der Waals surface area contributed by atoms with Gasteiger partial charge in [0.25, 0.3) is 0 Å². The Hall–Kier alpha value is -1.52. The second-order valence-corrected chi connectivity index (χ2v) is 1.55. The summed E-state index contributed by atoms with van der Waals surface area (Å²) in [5.41, 5.74) is 4.62. The third kappa shape index (κ3) is 2.17. The molecular weight excluding hydrogens is 138 g/mol. The maximum absolute atomic E-state index is 9.91. The van der Waals surface area contributed by atoms with Crippen LogP contribution in [0.2, 0.25) is 0 Å². The number of carboxylic acid groups (broad SMARTS) is 1. The molecule has 0 bridgehead atoms. The van der Waals surface area contributed by atoms with E-state index in [0.717, 1.165) is 0 Å². The largest absolute Gasteiger partial charge is 0.501 e. The lowest BCUT2D eigenvalue weighted by atomic mass is 10.3. The lowest BCUT2D eigenvalue weighted by Gasteiger charge is -1.95. The summed E-state index contributed by atoms with van der Waals surface area (Å²) in [5, 5.41) is 16.6. The van der Waals surface area contributed by atoms with Crippen LogP contribution in [-0.4, -0.2) is 22.5 Å². The molecule has 0 aromatic carbocycles. The Labute approximate surface area is 56.8 Å². The second kappa shape index (κ2) is 3.49. The summed E-state index contributed by atoms with van der Waals surface area (Å²) in [7, 11) is 0. The van der Waals surface area contributed by atoms with Crippen LogP contribution in [0.3, 0.4) is 0 Å². The molecule has 0 aliphatic carbocycles. The molecule has 0 saturated carbocycles. The van der Waals surface area contributed by atoms with Crippen LogP contribution in [0.25, 0.3) is 0 Å². The van der Waals surface area contributed by atoms with Crippen LogP contribution in [0.5, 0.6) is 0 Å². The van der Waals surface area contributed by atoms with Crippen LogP contribution in [0.15, 0.2) is 11.5 Å². The van der Waals surface area contributed by atoms with Crippen molar-refractivity contribution >= 4 is 12.3 Å². The van der Waals surface area contributed by atoms with Gasteiger partial charge in [-0.3, -0.25) is 0 Å². The number of aldehydes is 1. The molecule has 0 unspecified atom stereocenters. The Balaban J connectivity index is 4.33. The van der Waals surface area contributed by atoms with Crippen LogP contribution < -0.4 is 5.73 Å². The van der Waals surface area contributed by atoms with Crippen molar-refractivity contribution in [3.63, 3.8) is 0 Å². The average molecular weight is 145 g/mol. The van der Waals surface area contributed by atoms with Gasteiger partial charge in [0.15, 0.2) is 0 Å². The summed E-state index contributed by atoms with van der Waals surface area (Å²) in [6, 6.07) is 0. The first-order chi connectivity index (χ1) is 4.59. The van der Waals surface area contributed by atoms with E-state index in [0.29, 0.717) is 6.29 Å². The zero-order chi connectivity index (χ0) is 8.15. The quantitative estimate of drug-likeness (QED) is 0.279. The Morgan fingerprint density at radius 1 is 1.50 bits per heavy atom. The zero-order valence-corrected chi connectivity index (χ0v) is 5.07. The van der Waals surface area contributed by atoms with E-state index in [2.05, 4.69) is 0 Å². The van der Waals surface area contributed by atoms with E-state index >= 15 is 0 Å². The second-order valence-electron chi connectivity index (χ2n) is 1.55. The summed E-state index contributed by atoms with van der Waals surface area (Å²) < 4.78 is 0. The van der Waals surface area contributed by atoms with Gasteiger partial charge in [0.2, 0.25) is 5.76 Å². The lowest BCUT2D eigenvalue weighted by Crippen LogP contribution is -2.10. The fraction of sp³-hybridized carbons (Fsp3) is 0.200. The first-order valence-electron chi connectivity index (χ1n) is 2.44. The maximum atomic E-state index is 9.91. The van der Waals surface area contributed by atoms with Crippen molar-refractivity contribution in [1.29, 1.82) is 0 Å². The molecule has 0 radical (unpaired) electrons. The molecule has 0 rings (SSSR count). The normalized spacial score (nSPS) is 12.0. The summed E-state index contributed by atoms with van der Waals surface area (Å²) in [4.78, 5) is 19.6. The van der Waals surface area contributed by atoms with Gasteiger partial charge in [-0.2, -0.15) is 0 Å². The highest BCUT2D eigenvalue weighted by molar-refractivity contribution is 5.85. The topological polar surface area (TPSA) is 101 Å². The van der Waals surface area contributed by atoms with Gasteiger partial charge in [0.1, 0.15) is 6.29 Å². The van der Waals surface area contributed by atoms with Gasteiger partial charge >= 0.3 is 5.97 Å². The summed E-state index contributed by atoms with van der Waals surface area (Å²) in [6.07, 6.45) is 0.145. The first kappa shape index (κ1) is 8.48. The summed E-state index contributed by atoms with van der Waals surface area (Å²) in [5.74, 6) is -2.49. The van der Waals surface area contributed by atoms with E-state index in [4.69, 9.17) is 15.9 Å². The minimum Gasteiger partial charge on any atom is -0.501 e. The van der Waals surface area contributed by atoms with E-state index in [1.165, 1.54) is 0 Å². The van der Waals surface area contributed by atoms with Crippen molar-refractivity contribution in [3.05, 3.63) is 11.5 Å². The zero-order valence-electron chi connectivity index (χ0n) is 5.07. The van der Waals surface area contributed by atoms with Gasteiger partial charge in [-0.1, -0.05) is 0 Å². The first-order valence-corrected chi connectivity index (χ1v) is 2.44. The Kier molecular flexibility index (Phi) is 2.96. The molecule has 0 fully saturated rings. The van der Waals surface area contributed by atoms with Gasteiger partial charge < -0.3 is 20.7 Å². The molecule has 5 heteroatoms. The molecule has 0 aliphatic heterocycles. The van der Waals surface area contributed by atoms with Crippen molar-refractivity contribution in [3.8, 4) is 0 Å². The molecule has 4 N–H and O–H groups in total. The number of nitrogens with two attached hydrogens (primary N) is 1. The van der Waals surface area contributed by atoms with E-state index < -0.39 is 11.7 Å². The van der Waals surface area contributed by atoms with Crippen LogP contribution in [-0.2, 0) is 9.59 Å². The Morgan fingerprint density at radius 2 is 2.00 bits per heavy atom. The van der Waals surface area contributed by atoms with Crippen molar-refractivity contribution in [1.82, 2.24) is 0 Å². The number of aliphatic carboxylic acids is 1. The van der Waals surface area contributed by atoms with Crippen molar-refractivity contribution in [2.45, 2.75) is 6.42 Å². The van der Waals surface area contributed by atoms with Crippen LogP contribution in [0, 0.1) is 0 Å². The molecule has 0 aromatic rings. The number of hydrogen-bond donors (Lipinski definition) is 3. The number of aliphatic hydroxyl groups excluding tert-OH is 1. The molecule has 0 amide bonds. The molecule has 0 saturated heterocycles. The molecule has 0 aliphatic rings. The van der Waals surface area contributed by atoms with Crippen LogP contribution in [0.1, 0.15) is 6.42 Å². The van der Waals surface area contributed by atoms with Crippen LogP contribution >= 0.6 is 0 Å². The van der Waals surface area contributed by atoms with Gasteiger partial charge in [0.05, 0.1) is 5.70 Å². The number of carboxylic acids is 1. The number of rotatable bonds is 3. The van der Waals surface area contributed by atoms with Gasteiger partial charge in [-0.15, -0.1) is 0 Å². The molecular formula is C5H7NO4. The molecule has 5 nitrogen and oxygen atoms in total. The fourth-order valence-electron chi connectivity index (χ4n) is 0.324. The van der Waals surface area contributed by atoms with Crippen molar-refractivity contribution in [2.24, 2.45) is 5.73 Å². The molecule has 0 atom stereocenters. The summed E-state index contributed by atoms with van der Waals surface area (Å²) in [6.45, 7) is 0. The highest BCUT2D eigenvalue weighted by atomic mass is 16.4. The number of carbonyl (C=O) groups is 2. The predicted octanol–water partition coefficient (Wildman–Crippen LogP) is -0.612. The molecule has 0 heterocycles. The fourth-order valence-corrected chi connectivity index (χ4v) is 0.324. The smallest absolute Gasteiger partial charge is 0.372 e. The Bertz CT molecular complexity index is 184. The highest BCUT2D eigenvalue weighted by Gasteiger charge is 2.08. The number of hydrogen-bond acceptors (Lipinski definition) is 4. The van der Waals surface area contributed by atoms with Gasteiger partial charge in [-0.25, -0.2) is 4.79 Å². The van der Waals surface area contributed by atoms with Crippen molar-refractivity contribution in [2.75, 3.05) is 0 Å². The SMILES string of the molecule is NC(CC=O)=C(O)C(=O)O. The highest BCUT2D eigenvalue weighted by Crippen LogP contribution is 1.96. The number of aliphatic hydroxyl groups is 1. The van der Waals surface area contributed by atoms with E-state index in [9.17, 15) is 9.59 Å². The third-order valence-electron chi connectivity index (χ3n) is 0.810. The monoisotopic (exact) mass is 145 g/mol. The van der Waals surface area contributed by atoms with E-state index in [1.54, 1.807) is 0 Å². The molecule has 0 aromatic heterocycles. The third-order valence-corrected chi connectivity index (χ3v) is 0.810. The maximum Gasteiger partial charge on any atom is 0.372 e. The van der Waals surface area contributed by atoms with Gasteiger partial charge in [-0.05, 0) is 0 Å². The van der Waals surface area contributed by atoms with Crippen molar-refractivity contribution < 1.29 is 19.8 Å². The molecule has 10 heavy (non-hydrogen) atoms. The molecule has 0 spiro atoms. The number of allylic oxidation sites excluding steroid dienone is 1. The van der Waals surface area contributed by atoms with Crippen LogP contribution in [0.4, 0.5) is 0 Å². The molecule has 56 valence electrons. The predicted molar refractivity (Wildman–Crippen MR) is 32.2 cm³/mol. The van der Waals surface area contributed by atoms with E-state index in [1.807, 2.05) is 0 Å². The Morgan fingerprint density at radius 3 is 2.30 bits per heavy atom. The minimum absolute atomic E-state index is 0.266. The van der Waals surface area contributed by atoms with E-state index in [-0.39, 0.29) is 12.1 Å². The average Bonchev–Trinajstić information content (AvgIpc) is 1.87. The summed E-state index contributed by atoms with van der Waals surface area (Å²) >= 11 is 0. The van der Waals surface area contributed by atoms with Gasteiger partial charge in [0, 0.05) is 6.42 Å². The lowest BCUT2D eigenvalue weighted by molar-refractivity contribution is -0.135. The number of carbonyl (C=O) groups excluding carboxylic acids is 1. The minimum atomic E-state index is -1.53. The standard InChI is InChI=1S/C5H7NO4/c6-3(1-2-7)4(8)5(9)10/h2,8H,1,6H2,(H,9,10).